The first-order valence-electron chi connectivity index (χ1n) is 8.63. The fraction of sp³-hybridized carbons (Fsp3) is 0.474. The maximum atomic E-state index is 12.4. The zero-order valence-corrected chi connectivity index (χ0v) is 14.4. The highest BCUT2D eigenvalue weighted by molar-refractivity contribution is 5.96. The van der Waals surface area contributed by atoms with E-state index in [1.807, 2.05) is 0 Å². The topological polar surface area (TPSA) is 58.4 Å². The Balaban J connectivity index is 1.44. The quantitative estimate of drug-likeness (QED) is 0.917. The summed E-state index contributed by atoms with van der Waals surface area (Å²) >= 11 is 0. The number of amides is 1. The van der Waals surface area contributed by atoms with Gasteiger partial charge in [-0.1, -0.05) is 35.5 Å². The van der Waals surface area contributed by atoms with E-state index in [-0.39, 0.29) is 11.9 Å². The third kappa shape index (κ3) is 4.03. The minimum Gasteiger partial charge on any atom is -0.361 e. The molecule has 2 aromatic rings. The van der Waals surface area contributed by atoms with Crippen LogP contribution in [0.25, 0.3) is 0 Å². The Bertz CT molecular complexity index is 654. The molecule has 0 radical (unpaired) electrons. The first-order chi connectivity index (χ1) is 11.6. The monoisotopic (exact) mass is 327 g/mol. The van der Waals surface area contributed by atoms with Crippen LogP contribution in [0.5, 0.6) is 0 Å². The van der Waals surface area contributed by atoms with Gasteiger partial charge in [-0.15, -0.1) is 0 Å². The highest BCUT2D eigenvalue weighted by Gasteiger charge is 2.24. The van der Waals surface area contributed by atoms with Gasteiger partial charge < -0.3 is 14.7 Å². The minimum absolute atomic E-state index is 0.0611. The van der Waals surface area contributed by atoms with Gasteiger partial charge in [-0.2, -0.15) is 0 Å². The second-order valence-electron chi connectivity index (χ2n) is 6.52. The number of aryl methyl sites for hydroxylation is 2. The molecule has 1 aliphatic heterocycles. The van der Waals surface area contributed by atoms with Gasteiger partial charge in [-0.05, 0) is 38.7 Å². The van der Waals surface area contributed by atoms with Crippen LogP contribution in [0.4, 0.5) is 0 Å². The molecule has 0 bridgehead atoms. The molecule has 2 heterocycles. The summed E-state index contributed by atoms with van der Waals surface area (Å²) < 4.78 is 5.08. The van der Waals surface area contributed by atoms with Gasteiger partial charge in [0.2, 0.25) is 0 Å². The van der Waals surface area contributed by atoms with Gasteiger partial charge in [-0.3, -0.25) is 4.79 Å². The van der Waals surface area contributed by atoms with Gasteiger partial charge in [-0.25, -0.2) is 0 Å². The summed E-state index contributed by atoms with van der Waals surface area (Å²) in [6.45, 7) is 6.71. The van der Waals surface area contributed by atoms with Crippen LogP contribution in [0.2, 0.25) is 0 Å². The number of piperidine rings is 1. The lowest BCUT2D eigenvalue weighted by molar-refractivity contribution is 0.0909. The van der Waals surface area contributed by atoms with Crippen LogP contribution in [0.3, 0.4) is 0 Å². The van der Waals surface area contributed by atoms with E-state index in [9.17, 15) is 4.79 Å². The standard InChI is InChI=1S/C19H25N3O2/c1-14-18(15(2)24-21-14)19(23)20-17-9-12-22(13-10-17)11-8-16-6-4-3-5-7-16/h3-7,17H,8-13H2,1-2H3,(H,20,23). The van der Waals surface area contributed by atoms with Crippen molar-refractivity contribution in [2.24, 2.45) is 0 Å². The summed E-state index contributed by atoms with van der Waals surface area (Å²) in [5, 5.41) is 6.98. The van der Waals surface area contributed by atoms with Crippen LogP contribution < -0.4 is 5.32 Å². The molecular weight excluding hydrogens is 302 g/mol. The molecule has 0 spiro atoms. The van der Waals surface area contributed by atoms with Crippen LogP contribution in [0.1, 0.15) is 40.2 Å². The van der Waals surface area contributed by atoms with Crippen molar-refractivity contribution in [2.75, 3.05) is 19.6 Å². The minimum atomic E-state index is -0.0611. The number of carbonyl (C=O) groups excluding carboxylic acids is 1. The van der Waals surface area contributed by atoms with Gasteiger partial charge in [0, 0.05) is 25.7 Å². The first-order valence-corrected chi connectivity index (χ1v) is 8.63. The van der Waals surface area contributed by atoms with Gasteiger partial charge in [0.05, 0.1) is 5.69 Å². The highest BCUT2D eigenvalue weighted by atomic mass is 16.5. The lowest BCUT2D eigenvalue weighted by Gasteiger charge is -2.32. The van der Waals surface area contributed by atoms with E-state index < -0.39 is 0 Å². The summed E-state index contributed by atoms with van der Waals surface area (Å²) in [5.74, 6) is 0.527. The van der Waals surface area contributed by atoms with Crippen molar-refractivity contribution in [3.8, 4) is 0 Å². The van der Waals surface area contributed by atoms with Gasteiger partial charge >= 0.3 is 0 Å². The number of rotatable bonds is 5. The van der Waals surface area contributed by atoms with E-state index in [4.69, 9.17) is 4.52 Å². The van der Waals surface area contributed by atoms with Crippen LogP contribution in [-0.4, -0.2) is 41.6 Å². The Labute approximate surface area is 143 Å². The average molecular weight is 327 g/mol. The molecule has 24 heavy (non-hydrogen) atoms. The summed E-state index contributed by atoms with van der Waals surface area (Å²) in [7, 11) is 0. The molecule has 1 amide bonds. The van der Waals surface area contributed by atoms with E-state index in [0.717, 1.165) is 38.9 Å². The van der Waals surface area contributed by atoms with Crippen molar-refractivity contribution in [3.05, 3.63) is 52.9 Å². The molecule has 1 saturated heterocycles. The Morgan fingerprint density at radius 3 is 2.58 bits per heavy atom. The molecule has 1 N–H and O–H groups in total. The number of hydrogen-bond acceptors (Lipinski definition) is 4. The molecule has 1 aromatic carbocycles. The molecule has 0 atom stereocenters. The molecule has 1 aromatic heterocycles. The van der Waals surface area contributed by atoms with E-state index in [1.54, 1.807) is 13.8 Å². The molecule has 0 saturated carbocycles. The number of nitrogens with zero attached hydrogens (tertiary/aromatic N) is 2. The zero-order valence-electron chi connectivity index (χ0n) is 14.4. The predicted octanol–water partition coefficient (Wildman–Crippen LogP) is 2.73. The van der Waals surface area contributed by atoms with Crippen LogP contribution >= 0.6 is 0 Å². The molecule has 0 unspecified atom stereocenters. The average Bonchev–Trinajstić information content (AvgIpc) is 2.94. The fourth-order valence-corrected chi connectivity index (χ4v) is 3.30. The summed E-state index contributed by atoms with van der Waals surface area (Å²) in [5.41, 5.74) is 2.62. The SMILES string of the molecule is Cc1noc(C)c1C(=O)NC1CCN(CCc2ccccc2)CC1. The van der Waals surface area contributed by atoms with E-state index in [0.29, 0.717) is 17.0 Å². The van der Waals surface area contributed by atoms with Gasteiger partial charge in [0.1, 0.15) is 11.3 Å². The van der Waals surface area contributed by atoms with E-state index in [1.165, 1.54) is 5.56 Å². The third-order valence-corrected chi connectivity index (χ3v) is 4.74. The Morgan fingerprint density at radius 1 is 1.25 bits per heavy atom. The first kappa shape index (κ1) is 16.7. The second kappa shape index (κ2) is 7.62. The largest absolute Gasteiger partial charge is 0.361 e. The van der Waals surface area contributed by atoms with Crippen LogP contribution in [-0.2, 0) is 6.42 Å². The maximum absolute atomic E-state index is 12.4. The third-order valence-electron chi connectivity index (χ3n) is 4.74. The second-order valence-corrected chi connectivity index (χ2v) is 6.52. The zero-order chi connectivity index (χ0) is 16.9. The van der Waals surface area contributed by atoms with Crippen molar-refractivity contribution in [3.63, 3.8) is 0 Å². The molecule has 3 rings (SSSR count). The van der Waals surface area contributed by atoms with Crippen molar-refractivity contribution in [1.29, 1.82) is 0 Å². The summed E-state index contributed by atoms with van der Waals surface area (Å²) in [6, 6.07) is 10.8. The number of likely N-dealkylation sites (tertiary alicyclic amines) is 1. The van der Waals surface area contributed by atoms with E-state index in [2.05, 4.69) is 45.7 Å². The molecular formula is C19H25N3O2. The lowest BCUT2D eigenvalue weighted by Crippen LogP contribution is -2.45. The molecule has 5 nitrogen and oxygen atoms in total. The Morgan fingerprint density at radius 2 is 1.96 bits per heavy atom. The van der Waals surface area contributed by atoms with Crippen molar-refractivity contribution in [2.45, 2.75) is 39.2 Å². The van der Waals surface area contributed by atoms with Crippen molar-refractivity contribution >= 4 is 5.91 Å². The molecule has 0 aliphatic carbocycles. The van der Waals surface area contributed by atoms with Crippen molar-refractivity contribution in [1.82, 2.24) is 15.4 Å². The number of carbonyl (C=O) groups is 1. The van der Waals surface area contributed by atoms with Crippen LogP contribution in [0, 0.1) is 13.8 Å². The lowest BCUT2D eigenvalue weighted by atomic mass is 10.0. The summed E-state index contributed by atoms with van der Waals surface area (Å²) in [6.07, 6.45) is 3.06. The number of hydrogen-bond donors (Lipinski definition) is 1. The van der Waals surface area contributed by atoms with Gasteiger partial charge in [0.25, 0.3) is 5.91 Å². The number of benzene rings is 1. The smallest absolute Gasteiger partial charge is 0.257 e. The summed E-state index contributed by atoms with van der Waals surface area (Å²) in [4.78, 5) is 14.9. The number of nitrogens with one attached hydrogen (secondary N) is 1. The fourth-order valence-electron chi connectivity index (χ4n) is 3.30. The van der Waals surface area contributed by atoms with Crippen LogP contribution in [0.15, 0.2) is 34.9 Å². The Hall–Kier alpha value is -2.14. The molecule has 5 heteroatoms. The number of aromatic nitrogens is 1. The Kier molecular flexibility index (Phi) is 5.30. The van der Waals surface area contributed by atoms with Crippen molar-refractivity contribution < 1.29 is 9.32 Å². The molecule has 1 aliphatic rings. The predicted molar refractivity (Wildman–Crippen MR) is 93.1 cm³/mol. The van der Waals surface area contributed by atoms with E-state index >= 15 is 0 Å². The molecule has 1 fully saturated rings. The molecule has 128 valence electrons. The van der Waals surface area contributed by atoms with Gasteiger partial charge in [0.15, 0.2) is 0 Å². The normalized spacial score (nSPS) is 16.2. The highest BCUT2D eigenvalue weighted by Crippen LogP contribution is 2.15. The maximum Gasteiger partial charge on any atom is 0.257 e.